The van der Waals surface area contributed by atoms with Crippen LogP contribution >= 0.6 is 0 Å². The van der Waals surface area contributed by atoms with Gasteiger partial charge in [-0.2, -0.15) is 0 Å². The number of nitrogens with zero attached hydrogens (tertiary/aromatic N) is 1. The van der Waals surface area contributed by atoms with Gasteiger partial charge >= 0.3 is 0 Å². The van der Waals surface area contributed by atoms with Crippen molar-refractivity contribution < 1.29 is 13.2 Å². The number of ether oxygens (including phenoxy) is 1. The fourth-order valence-corrected chi connectivity index (χ4v) is 3.50. The minimum atomic E-state index is -3.17. The standard InChI is InChI=1S/C16H26N2O3S/c1-13(2)22(19,20)17-10-12-18-11-4-5-16(18)14-6-8-15(21-3)9-7-14/h6-9,13,16-17H,4-5,10-12H2,1-3H3. The summed E-state index contributed by atoms with van der Waals surface area (Å²) < 4.78 is 31.4. The minimum Gasteiger partial charge on any atom is -0.497 e. The summed E-state index contributed by atoms with van der Waals surface area (Å²) in [6.07, 6.45) is 2.26. The van der Waals surface area contributed by atoms with Crippen LogP contribution in [0.4, 0.5) is 0 Å². The summed E-state index contributed by atoms with van der Waals surface area (Å²) in [6.45, 7) is 5.60. The Kier molecular flexibility index (Phi) is 5.83. The Morgan fingerprint density at radius 2 is 2.00 bits per heavy atom. The quantitative estimate of drug-likeness (QED) is 0.834. The second-order valence-corrected chi connectivity index (χ2v) is 8.28. The number of hydrogen-bond acceptors (Lipinski definition) is 4. The summed E-state index contributed by atoms with van der Waals surface area (Å²) in [4.78, 5) is 2.35. The summed E-state index contributed by atoms with van der Waals surface area (Å²) >= 11 is 0. The third kappa shape index (κ3) is 4.21. The van der Waals surface area contributed by atoms with E-state index in [2.05, 4.69) is 21.8 Å². The van der Waals surface area contributed by atoms with Gasteiger partial charge in [0, 0.05) is 19.1 Å². The topological polar surface area (TPSA) is 58.6 Å². The predicted octanol–water partition coefficient (Wildman–Crippen LogP) is 2.16. The van der Waals surface area contributed by atoms with Gasteiger partial charge in [0.25, 0.3) is 0 Å². The van der Waals surface area contributed by atoms with Gasteiger partial charge in [-0.25, -0.2) is 13.1 Å². The lowest BCUT2D eigenvalue weighted by Crippen LogP contribution is -2.37. The van der Waals surface area contributed by atoms with Gasteiger partial charge in [0.1, 0.15) is 5.75 Å². The molecule has 0 spiro atoms. The van der Waals surface area contributed by atoms with Gasteiger partial charge in [0.05, 0.1) is 12.4 Å². The van der Waals surface area contributed by atoms with Crippen molar-refractivity contribution in [2.75, 3.05) is 26.7 Å². The van der Waals surface area contributed by atoms with Crippen LogP contribution in [0.1, 0.15) is 38.3 Å². The second kappa shape index (κ2) is 7.44. The Morgan fingerprint density at radius 1 is 1.32 bits per heavy atom. The highest BCUT2D eigenvalue weighted by molar-refractivity contribution is 7.90. The van der Waals surface area contributed by atoms with Gasteiger partial charge in [-0.15, -0.1) is 0 Å². The van der Waals surface area contributed by atoms with Crippen molar-refractivity contribution >= 4 is 10.0 Å². The number of benzene rings is 1. The van der Waals surface area contributed by atoms with Crippen molar-refractivity contribution in [3.05, 3.63) is 29.8 Å². The normalized spacial score (nSPS) is 19.7. The first-order valence-electron chi connectivity index (χ1n) is 7.80. The maximum absolute atomic E-state index is 11.8. The SMILES string of the molecule is COc1ccc(C2CCCN2CCNS(=O)(=O)C(C)C)cc1. The highest BCUT2D eigenvalue weighted by Gasteiger charge is 2.26. The van der Waals surface area contributed by atoms with Gasteiger partial charge in [0.2, 0.25) is 10.0 Å². The zero-order valence-corrected chi connectivity index (χ0v) is 14.4. The Balaban J connectivity index is 1.93. The minimum absolute atomic E-state index is 0.370. The average molecular weight is 326 g/mol. The van der Waals surface area contributed by atoms with Gasteiger partial charge in [-0.1, -0.05) is 12.1 Å². The first-order chi connectivity index (χ1) is 10.4. The molecule has 0 amide bonds. The molecule has 1 unspecified atom stereocenters. The molecule has 1 atom stereocenters. The zero-order valence-electron chi connectivity index (χ0n) is 13.6. The van der Waals surface area contributed by atoms with E-state index in [1.165, 1.54) is 5.56 Å². The second-order valence-electron chi connectivity index (χ2n) is 5.96. The third-order valence-corrected chi connectivity index (χ3v) is 6.03. The van der Waals surface area contributed by atoms with Crippen LogP contribution in [-0.2, 0) is 10.0 Å². The molecule has 22 heavy (non-hydrogen) atoms. The first-order valence-corrected chi connectivity index (χ1v) is 9.35. The summed E-state index contributed by atoms with van der Waals surface area (Å²) in [6, 6.07) is 8.52. The molecule has 1 aromatic rings. The van der Waals surface area contributed by atoms with E-state index in [4.69, 9.17) is 4.74 Å². The Hall–Kier alpha value is -1.11. The number of rotatable bonds is 7. The molecule has 1 saturated heterocycles. The largest absolute Gasteiger partial charge is 0.497 e. The molecule has 1 fully saturated rings. The Morgan fingerprint density at radius 3 is 2.59 bits per heavy atom. The molecular weight excluding hydrogens is 300 g/mol. The number of sulfonamides is 1. The van der Waals surface area contributed by atoms with E-state index in [0.29, 0.717) is 12.6 Å². The molecule has 124 valence electrons. The molecular formula is C16H26N2O3S. The van der Waals surface area contributed by atoms with Crippen molar-refractivity contribution in [2.24, 2.45) is 0 Å². The molecule has 1 aliphatic rings. The molecule has 1 aliphatic heterocycles. The van der Waals surface area contributed by atoms with E-state index in [-0.39, 0.29) is 5.25 Å². The van der Waals surface area contributed by atoms with Crippen molar-refractivity contribution in [1.29, 1.82) is 0 Å². The zero-order chi connectivity index (χ0) is 16.2. The van der Waals surface area contributed by atoms with E-state index < -0.39 is 10.0 Å². The maximum Gasteiger partial charge on any atom is 0.213 e. The lowest BCUT2D eigenvalue weighted by Gasteiger charge is -2.25. The number of methoxy groups -OCH3 is 1. The molecule has 0 saturated carbocycles. The highest BCUT2D eigenvalue weighted by atomic mass is 32.2. The van der Waals surface area contributed by atoms with Crippen molar-refractivity contribution in [2.45, 2.75) is 38.0 Å². The van der Waals surface area contributed by atoms with Crippen LogP contribution in [0.3, 0.4) is 0 Å². The molecule has 6 heteroatoms. The van der Waals surface area contributed by atoms with E-state index in [9.17, 15) is 8.42 Å². The van der Waals surface area contributed by atoms with Gasteiger partial charge in [0.15, 0.2) is 0 Å². The summed E-state index contributed by atoms with van der Waals surface area (Å²) in [7, 11) is -1.51. The van der Waals surface area contributed by atoms with Crippen LogP contribution in [0.5, 0.6) is 5.75 Å². The van der Waals surface area contributed by atoms with E-state index in [1.54, 1.807) is 21.0 Å². The van der Waals surface area contributed by atoms with Crippen molar-refractivity contribution in [3.63, 3.8) is 0 Å². The Labute approximate surface area is 133 Å². The Bertz CT molecular complexity index is 570. The number of nitrogens with one attached hydrogen (secondary N) is 1. The first kappa shape index (κ1) is 17.2. The van der Waals surface area contributed by atoms with Crippen LogP contribution in [0.15, 0.2) is 24.3 Å². The van der Waals surface area contributed by atoms with Crippen LogP contribution in [-0.4, -0.2) is 45.3 Å². The van der Waals surface area contributed by atoms with Crippen LogP contribution < -0.4 is 9.46 Å². The molecule has 0 bridgehead atoms. The van der Waals surface area contributed by atoms with Crippen molar-refractivity contribution in [3.8, 4) is 5.75 Å². The lowest BCUT2D eigenvalue weighted by atomic mass is 10.0. The van der Waals surface area contributed by atoms with E-state index >= 15 is 0 Å². The molecule has 5 nitrogen and oxygen atoms in total. The lowest BCUT2D eigenvalue weighted by molar-refractivity contribution is 0.261. The van der Waals surface area contributed by atoms with E-state index in [1.807, 2.05) is 12.1 Å². The summed E-state index contributed by atoms with van der Waals surface area (Å²) in [5.41, 5.74) is 1.27. The molecule has 2 rings (SSSR count). The monoisotopic (exact) mass is 326 g/mol. The van der Waals surface area contributed by atoms with E-state index in [0.717, 1.165) is 31.7 Å². The number of hydrogen-bond donors (Lipinski definition) is 1. The summed E-state index contributed by atoms with van der Waals surface area (Å²) in [5, 5.41) is -0.386. The van der Waals surface area contributed by atoms with Gasteiger partial charge in [-0.05, 0) is 50.9 Å². The third-order valence-electron chi connectivity index (χ3n) is 4.19. The van der Waals surface area contributed by atoms with Crippen LogP contribution in [0, 0.1) is 0 Å². The predicted molar refractivity (Wildman–Crippen MR) is 88.6 cm³/mol. The maximum atomic E-state index is 11.8. The molecule has 1 heterocycles. The smallest absolute Gasteiger partial charge is 0.213 e. The molecule has 1 aromatic carbocycles. The van der Waals surface area contributed by atoms with Gasteiger partial charge < -0.3 is 4.74 Å². The summed E-state index contributed by atoms with van der Waals surface area (Å²) in [5.74, 6) is 0.859. The molecule has 1 N–H and O–H groups in total. The number of likely N-dealkylation sites (tertiary alicyclic amines) is 1. The molecule has 0 aliphatic carbocycles. The fraction of sp³-hybridized carbons (Fsp3) is 0.625. The van der Waals surface area contributed by atoms with Crippen molar-refractivity contribution in [1.82, 2.24) is 9.62 Å². The van der Waals surface area contributed by atoms with Crippen LogP contribution in [0.25, 0.3) is 0 Å². The highest BCUT2D eigenvalue weighted by Crippen LogP contribution is 2.32. The van der Waals surface area contributed by atoms with Crippen LogP contribution in [0.2, 0.25) is 0 Å². The molecule has 0 aromatic heterocycles. The molecule has 0 radical (unpaired) electrons. The average Bonchev–Trinajstić information content (AvgIpc) is 2.95. The van der Waals surface area contributed by atoms with Gasteiger partial charge in [-0.3, -0.25) is 4.90 Å². The fourth-order valence-electron chi connectivity index (χ4n) is 2.80.